The second-order valence-electron chi connectivity index (χ2n) is 4.07. The van der Waals surface area contributed by atoms with Crippen molar-refractivity contribution in [2.24, 2.45) is 5.73 Å². The Bertz CT molecular complexity index is 395. The molecule has 2 N–H and O–H groups in total. The Kier molecular flexibility index (Phi) is 5.18. The van der Waals surface area contributed by atoms with Crippen molar-refractivity contribution in [2.45, 2.75) is 25.9 Å². The van der Waals surface area contributed by atoms with Crippen LogP contribution in [0.4, 0.5) is 0 Å². The molecule has 1 aromatic carbocycles. The second-order valence-corrected chi connectivity index (χ2v) is 4.07. The van der Waals surface area contributed by atoms with Crippen LogP contribution >= 0.6 is 0 Å². The zero-order chi connectivity index (χ0) is 12.7. The van der Waals surface area contributed by atoms with E-state index in [0.717, 1.165) is 5.56 Å². The highest BCUT2D eigenvalue weighted by Gasteiger charge is 2.14. The van der Waals surface area contributed by atoms with E-state index in [1.54, 1.807) is 6.92 Å². The molecule has 90 valence electrons. The van der Waals surface area contributed by atoms with Gasteiger partial charge in [0.15, 0.2) is 0 Å². The third-order valence-electron chi connectivity index (χ3n) is 2.33. The van der Waals surface area contributed by atoms with Crippen molar-refractivity contribution in [3.05, 3.63) is 35.9 Å². The predicted octanol–water partition coefficient (Wildman–Crippen LogP) is 1.28. The van der Waals surface area contributed by atoms with Crippen LogP contribution in [0.2, 0.25) is 0 Å². The Labute approximate surface area is 102 Å². The number of carbonyl (C=O) groups excluding carboxylic acids is 1. The summed E-state index contributed by atoms with van der Waals surface area (Å²) in [5, 5.41) is 8.72. The third-order valence-corrected chi connectivity index (χ3v) is 2.33. The zero-order valence-electron chi connectivity index (χ0n) is 9.97. The molecule has 0 aliphatic carbocycles. The van der Waals surface area contributed by atoms with Gasteiger partial charge in [-0.2, -0.15) is 5.26 Å². The number of hydrogen-bond donors (Lipinski definition) is 1. The van der Waals surface area contributed by atoms with E-state index in [-0.39, 0.29) is 24.9 Å². The minimum atomic E-state index is -0.181. The molecule has 0 fully saturated rings. The fourth-order valence-electron chi connectivity index (χ4n) is 1.53. The minimum absolute atomic E-state index is 0.0783. The Morgan fingerprint density at radius 2 is 2.12 bits per heavy atom. The monoisotopic (exact) mass is 231 g/mol. The quantitative estimate of drug-likeness (QED) is 0.776. The van der Waals surface area contributed by atoms with Crippen molar-refractivity contribution in [2.75, 3.05) is 6.54 Å². The topological polar surface area (TPSA) is 70.1 Å². The molecule has 1 unspecified atom stereocenters. The van der Waals surface area contributed by atoms with Crippen molar-refractivity contribution in [1.29, 1.82) is 5.26 Å². The smallest absolute Gasteiger partial charge is 0.225 e. The number of benzene rings is 1. The van der Waals surface area contributed by atoms with E-state index in [1.807, 2.05) is 36.4 Å². The maximum atomic E-state index is 11.8. The van der Waals surface area contributed by atoms with E-state index >= 15 is 0 Å². The first-order valence-electron chi connectivity index (χ1n) is 5.57. The van der Waals surface area contributed by atoms with Crippen LogP contribution in [0.5, 0.6) is 0 Å². The summed E-state index contributed by atoms with van der Waals surface area (Å²) in [6.07, 6.45) is 0.272. The molecule has 0 aliphatic rings. The van der Waals surface area contributed by atoms with Gasteiger partial charge >= 0.3 is 0 Å². The first kappa shape index (κ1) is 13.2. The van der Waals surface area contributed by atoms with Crippen LogP contribution < -0.4 is 5.73 Å². The maximum absolute atomic E-state index is 11.8. The van der Waals surface area contributed by atoms with Gasteiger partial charge in [-0.05, 0) is 12.5 Å². The van der Waals surface area contributed by atoms with Gasteiger partial charge in [-0.25, -0.2) is 0 Å². The van der Waals surface area contributed by atoms with Crippen molar-refractivity contribution in [3.8, 4) is 6.07 Å². The molecule has 1 rings (SSSR count). The fourth-order valence-corrected chi connectivity index (χ4v) is 1.53. The SMILES string of the molecule is CC(N)CC(=O)N(CC#N)Cc1ccccc1. The molecule has 0 aromatic heterocycles. The number of amides is 1. The molecule has 4 heteroatoms. The first-order valence-corrected chi connectivity index (χ1v) is 5.57. The number of nitrogens with zero attached hydrogens (tertiary/aromatic N) is 2. The van der Waals surface area contributed by atoms with Gasteiger partial charge in [0.2, 0.25) is 5.91 Å². The van der Waals surface area contributed by atoms with Crippen molar-refractivity contribution in [1.82, 2.24) is 4.90 Å². The van der Waals surface area contributed by atoms with Crippen LogP contribution in [-0.4, -0.2) is 23.4 Å². The second kappa shape index (κ2) is 6.66. The molecule has 1 aromatic rings. The molecule has 0 spiro atoms. The van der Waals surface area contributed by atoms with Crippen LogP contribution in [0, 0.1) is 11.3 Å². The molecular weight excluding hydrogens is 214 g/mol. The molecule has 1 amide bonds. The molecule has 0 radical (unpaired) electrons. The molecule has 0 saturated carbocycles. The molecule has 0 saturated heterocycles. The van der Waals surface area contributed by atoms with E-state index in [1.165, 1.54) is 4.90 Å². The molecule has 4 nitrogen and oxygen atoms in total. The number of carbonyl (C=O) groups is 1. The van der Waals surface area contributed by atoms with Crippen LogP contribution in [-0.2, 0) is 11.3 Å². The van der Waals surface area contributed by atoms with Crippen molar-refractivity contribution in [3.63, 3.8) is 0 Å². The van der Waals surface area contributed by atoms with Gasteiger partial charge in [0.05, 0.1) is 6.07 Å². The average Bonchev–Trinajstić information content (AvgIpc) is 2.29. The summed E-state index contributed by atoms with van der Waals surface area (Å²) in [6.45, 7) is 2.34. The molecule has 1 atom stereocenters. The third kappa shape index (κ3) is 4.66. The summed E-state index contributed by atoms with van der Waals surface area (Å²) >= 11 is 0. The largest absolute Gasteiger partial charge is 0.327 e. The highest BCUT2D eigenvalue weighted by Crippen LogP contribution is 2.06. The highest BCUT2D eigenvalue weighted by molar-refractivity contribution is 5.77. The minimum Gasteiger partial charge on any atom is -0.327 e. The molecular formula is C13H17N3O. The average molecular weight is 231 g/mol. The molecule has 17 heavy (non-hydrogen) atoms. The van der Waals surface area contributed by atoms with Gasteiger partial charge in [0, 0.05) is 19.0 Å². The van der Waals surface area contributed by atoms with Gasteiger partial charge < -0.3 is 10.6 Å². The Morgan fingerprint density at radius 3 is 2.65 bits per heavy atom. The van der Waals surface area contributed by atoms with E-state index in [0.29, 0.717) is 6.54 Å². The predicted molar refractivity (Wildman–Crippen MR) is 65.7 cm³/mol. The Morgan fingerprint density at radius 1 is 1.47 bits per heavy atom. The van der Waals surface area contributed by atoms with Crippen LogP contribution in [0.15, 0.2) is 30.3 Å². The summed E-state index contributed by atoms with van der Waals surface area (Å²) in [7, 11) is 0. The van der Waals surface area contributed by atoms with Crippen molar-refractivity contribution < 1.29 is 4.79 Å². The molecule has 0 aliphatic heterocycles. The van der Waals surface area contributed by atoms with E-state index in [4.69, 9.17) is 11.0 Å². The lowest BCUT2D eigenvalue weighted by Gasteiger charge is -2.20. The van der Waals surface area contributed by atoms with Crippen LogP contribution in [0.25, 0.3) is 0 Å². The summed E-state index contributed by atoms with van der Waals surface area (Å²) in [5.74, 6) is -0.0783. The van der Waals surface area contributed by atoms with E-state index < -0.39 is 0 Å². The number of rotatable bonds is 5. The summed E-state index contributed by atoms with van der Waals surface area (Å²) < 4.78 is 0. The lowest BCUT2D eigenvalue weighted by molar-refractivity contribution is -0.131. The summed E-state index contributed by atoms with van der Waals surface area (Å²) in [4.78, 5) is 13.4. The van der Waals surface area contributed by atoms with E-state index in [9.17, 15) is 4.79 Å². The van der Waals surface area contributed by atoms with Gasteiger partial charge in [-0.15, -0.1) is 0 Å². The first-order chi connectivity index (χ1) is 8.13. The Hall–Kier alpha value is -1.86. The number of nitriles is 1. The lowest BCUT2D eigenvalue weighted by Crippen LogP contribution is -2.34. The lowest BCUT2D eigenvalue weighted by atomic mass is 10.2. The summed E-state index contributed by atoms with van der Waals surface area (Å²) in [5.41, 5.74) is 6.60. The Balaban J connectivity index is 2.67. The van der Waals surface area contributed by atoms with Gasteiger partial charge in [-0.1, -0.05) is 30.3 Å². The fraction of sp³-hybridized carbons (Fsp3) is 0.385. The highest BCUT2D eigenvalue weighted by atomic mass is 16.2. The van der Waals surface area contributed by atoms with Gasteiger partial charge in [-0.3, -0.25) is 4.79 Å². The number of hydrogen-bond acceptors (Lipinski definition) is 3. The number of nitrogens with two attached hydrogens (primary N) is 1. The molecule has 0 heterocycles. The van der Waals surface area contributed by atoms with Crippen LogP contribution in [0.3, 0.4) is 0 Å². The van der Waals surface area contributed by atoms with Crippen LogP contribution in [0.1, 0.15) is 18.9 Å². The maximum Gasteiger partial charge on any atom is 0.225 e. The normalized spacial score (nSPS) is 11.6. The summed E-state index contributed by atoms with van der Waals surface area (Å²) in [6, 6.07) is 11.4. The zero-order valence-corrected chi connectivity index (χ0v) is 9.97. The van der Waals surface area contributed by atoms with Gasteiger partial charge in [0.1, 0.15) is 6.54 Å². The molecule has 0 bridgehead atoms. The standard InChI is InChI=1S/C13H17N3O/c1-11(15)9-13(17)16(8-7-14)10-12-5-3-2-4-6-12/h2-6,11H,8-10,15H2,1H3. The van der Waals surface area contributed by atoms with Crippen molar-refractivity contribution >= 4 is 5.91 Å². The van der Waals surface area contributed by atoms with E-state index in [2.05, 4.69) is 0 Å². The van der Waals surface area contributed by atoms with Gasteiger partial charge in [0.25, 0.3) is 0 Å².